The van der Waals surface area contributed by atoms with Crippen LogP contribution in [0.3, 0.4) is 0 Å². The molecule has 1 N–H and O–H groups in total. The van der Waals surface area contributed by atoms with E-state index in [0.29, 0.717) is 25.8 Å². The number of hydrogen-bond acceptors (Lipinski definition) is 5. The maximum atomic E-state index is 13.1. The Hall–Kier alpha value is -3.00. The Morgan fingerprint density at radius 2 is 1.76 bits per heavy atom. The van der Waals surface area contributed by atoms with Gasteiger partial charge in [-0.05, 0) is 57.4 Å². The number of nitrogens with one attached hydrogen (secondary N) is 1. The molecule has 1 aliphatic heterocycles. The lowest BCUT2D eigenvalue weighted by Crippen LogP contribution is -2.48. The molecule has 37 heavy (non-hydrogen) atoms. The minimum absolute atomic E-state index is 0.232. The summed E-state index contributed by atoms with van der Waals surface area (Å²) < 4.78 is 17.6. The predicted octanol–water partition coefficient (Wildman–Crippen LogP) is 7.40. The molecular formula is C28H22BrCl2NO5. The number of carbonyl (C=O) groups is 2. The second-order valence-corrected chi connectivity index (χ2v) is 10.9. The number of fused-ring (bicyclic) bond motifs is 1. The van der Waals surface area contributed by atoms with Crippen LogP contribution in [0, 0.1) is 5.92 Å². The highest BCUT2D eigenvalue weighted by Gasteiger charge is 2.48. The monoisotopic (exact) mass is 601 g/mol. The number of esters is 2. The average molecular weight is 603 g/mol. The van der Waals surface area contributed by atoms with E-state index in [4.69, 9.17) is 37.4 Å². The molecule has 1 saturated heterocycles. The topological polar surface area (TPSA) is 77.6 Å². The van der Waals surface area contributed by atoms with Crippen LogP contribution in [0.2, 0.25) is 10.0 Å². The van der Waals surface area contributed by atoms with Gasteiger partial charge in [-0.1, -0.05) is 53.5 Å². The van der Waals surface area contributed by atoms with Crippen molar-refractivity contribution in [2.75, 3.05) is 0 Å². The van der Waals surface area contributed by atoms with Crippen LogP contribution >= 0.6 is 39.1 Å². The SMILES string of the molecule is CC1(C)OC(=O)C([C@H](c2ccc(OCc3ccc(Cl)cc3Cl)c(Br)c2)c2c[nH]c3ccccc23)C(=O)O1. The van der Waals surface area contributed by atoms with E-state index in [1.165, 1.54) is 13.8 Å². The highest BCUT2D eigenvalue weighted by Crippen LogP contribution is 2.42. The summed E-state index contributed by atoms with van der Waals surface area (Å²) in [6.45, 7) is 3.31. The van der Waals surface area contributed by atoms with Crippen molar-refractivity contribution in [3.63, 3.8) is 0 Å². The third-order valence-corrected chi connectivity index (χ3v) is 7.41. The number of hydrogen-bond donors (Lipinski definition) is 1. The van der Waals surface area contributed by atoms with Crippen LogP contribution in [0.5, 0.6) is 5.75 Å². The van der Waals surface area contributed by atoms with Gasteiger partial charge >= 0.3 is 11.9 Å². The number of aromatic amines is 1. The summed E-state index contributed by atoms with van der Waals surface area (Å²) in [7, 11) is 0. The highest BCUT2D eigenvalue weighted by molar-refractivity contribution is 9.10. The van der Waals surface area contributed by atoms with Gasteiger partial charge in [0.25, 0.3) is 5.79 Å². The molecule has 0 saturated carbocycles. The molecule has 5 rings (SSSR count). The molecule has 9 heteroatoms. The maximum absolute atomic E-state index is 13.1. The number of rotatable bonds is 6. The normalized spacial score (nSPS) is 16.4. The molecule has 0 spiro atoms. The maximum Gasteiger partial charge on any atom is 0.324 e. The van der Waals surface area contributed by atoms with Crippen molar-refractivity contribution >= 4 is 62.0 Å². The van der Waals surface area contributed by atoms with Gasteiger partial charge in [0, 0.05) is 52.5 Å². The summed E-state index contributed by atoms with van der Waals surface area (Å²) in [6.07, 6.45) is 1.82. The Labute approximate surface area is 231 Å². The van der Waals surface area contributed by atoms with Gasteiger partial charge in [-0.3, -0.25) is 9.59 Å². The van der Waals surface area contributed by atoms with E-state index in [2.05, 4.69) is 20.9 Å². The summed E-state index contributed by atoms with van der Waals surface area (Å²) in [5, 5.41) is 1.95. The molecule has 6 nitrogen and oxygen atoms in total. The van der Waals surface area contributed by atoms with Crippen LogP contribution < -0.4 is 4.74 Å². The van der Waals surface area contributed by atoms with Crippen LogP contribution in [-0.2, 0) is 25.7 Å². The minimum Gasteiger partial charge on any atom is -0.488 e. The predicted molar refractivity (Wildman–Crippen MR) is 145 cm³/mol. The average Bonchev–Trinajstić information content (AvgIpc) is 3.25. The molecule has 0 aliphatic carbocycles. The number of halogens is 3. The quantitative estimate of drug-likeness (QED) is 0.184. The summed E-state index contributed by atoms with van der Waals surface area (Å²) >= 11 is 15.8. The van der Waals surface area contributed by atoms with Gasteiger partial charge in [-0.25, -0.2) is 0 Å². The molecule has 1 aromatic heterocycles. The van der Waals surface area contributed by atoms with Gasteiger partial charge in [0.1, 0.15) is 12.4 Å². The smallest absolute Gasteiger partial charge is 0.324 e. The van der Waals surface area contributed by atoms with E-state index in [9.17, 15) is 9.59 Å². The van der Waals surface area contributed by atoms with E-state index < -0.39 is 29.6 Å². The first kappa shape index (κ1) is 25.6. The van der Waals surface area contributed by atoms with E-state index in [1.54, 1.807) is 18.2 Å². The van der Waals surface area contributed by atoms with Gasteiger partial charge in [-0.15, -0.1) is 0 Å². The van der Waals surface area contributed by atoms with E-state index in [-0.39, 0.29) is 6.61 Å². The standard InChI is InChI=1S/C28H22BrCl2NO5/c1-28(2)36-26(33)25(27(34)37-28)24(19-13-32-22-6-4-3-5-18(19)22)15-8-10-23(20(29)11-15)35-14-16-7-9-17(30)12-21(16)31/h3-13,24-25,32H,14H2,1-2H3/t24-/m1/s1. The Morgan fingerprint density at radius 3 is 2.46 bits per heavy atom. The molecule has 2 heterocycles. The van der Waals surface area contributed by atoms with Crippen molar-refractivity contribution < 1.29 is 23.8 Å². The molecule has 190 valence electrons. The Balaban J connectivity index is 1.52. The summed E-state index contributed by atoms with van der Waals surface area (Å²) in [4.78, 5) is 29.5. The van der Waals surface area contributed by atoms with Crippen molar-refractivity contribution in [1.29, 1.82) is 0 Å². The lowest BCUT2D eigenvalue weighted by molar-refractivity contribution is -0.240. The molecule has 1 aliphatic rings. The number of carbonyl (C=O) groups excluding carboxylic acids is 2. The number of H-pyrrole nitrogens is 1. The molecule has 4 aromatic rings. The molecule has 0 unspecified atom stereocenters. The zero-order valence-electron chi connectivity index (χ0n) is 19.9. The molecular weight excluding hydrogens is 581 g/mol. The number of benzene rings is 3. The van der Waals surface area contributed by atoms with Crippen LogP contribution in [0.25, 0.3) is 10.9 Å². The first-order chi connectivity index (χ1) is 17.6. The van der Waals surface area contributed by atoms with Crippen molar-refractivity contribution in [1.82, 2.24) is 4.98 Å². The zero-order chi connectivity index (χ0) is 26.3. The van der Waals surface area contributed by atoms with E-state index in [1.807, 2.05) is 48.7 Å². The Morgan fingerprint density at radius 1 is 1.03 bits per heavy atom. The molecule has 3 aromatic carbocycles. The zero-order valence-corrected chi connectivity index (χ0v) is 23.0. The number of para-hydroxylation sites is 1. The molecule has 0 radical (unpaired) electrons. The van der Waals surface area contributed by atoms with Crippen molar-refractivity contribution in [3.8, 4) is 5.75 Å². The third-order valence-electron chi connectivity index (χ3n) is 6.20. The van der Waals surface area contributed by atoms with Crippen molar-refractivity contribution in [2.45, 2.75) is 32.2 Å². The summed E-state index contributed by atoms with van der Waals surface area (Å²) in [6, 6.07) is 18.4. The second kappa shape index (κ2) is 10.0. The minimum atomic E-state index is -1.32. The van der Waals surface area contributed by atoms with Crippen molar-refractivity contribution in [2.24, 2.45) is 5.92 Å². The Bertz CT molecular complexity index is 1500. The van der Waals surface area contributed by atoms with Crippen LogP contribution in [0.4, 0.5) is 0 Å². The molecule has 1 fully saturated rings. The van der Waals surface area contributed by atoms with Crippen LogP contribution in [0.1, 0.15) is 36.5 Å². The lowest BCUT2D eigenvalue weighted by atomic mass is 9.80. The molecule has 0 bridgehead atoms. The fraction of sp³-hybridized carbons (Fsp3) is 0.214. The number of cyclic esters (lactones) is 2. The highest BCUT2D eigenvalue weighted by atomic mass is 79.9. The largest absolute Gasteiger partial charge is 0.488 e. The third kappa shape index (κ3) is 5.21. The molecule has 1 atom stereocenters. The Kier molecular flexibility index (Phi) is 6.96. The first-order valence-electron chi connectivity index (χ1n) is 11.5. The van der Waals surface area contributed by atoms with Gasteiger partial charge in [0.15, 0.2) is 5.92 Å². The second-order valence-electron chi connectivity index (χ2n) is 9.20. The van der Waals surface area contributed by atoms with Gasteiger partial charge in [-0.2, -0.15) is 0 Å². The number of aromatic nitrogens is 1. The first-order valence-corrected chi connectivity index (χ1v) is 13.1. The lowest BCUT2D eigenvalue weighted by Gasteiger charge is -2.36. The van der Waals surface area contributed by atoms with E-state index >= 15 is 0 Å². The van der Waals surface area contributed by atoms with Crippen molar-refractivity contribution in [3.05, 3.63) is 98.1 Å². The van der Waals surface area contributed by atoms with Gasteiger partial charge < -0.3 is 19.2 Å². The van der Waals surface area contributed by atoms with Crippen LogP contribution in [0.15, 0.2) is 71.3 Å². The molecule has 0 amide bonds. The van der Waals surface area contributed by atoms with Gasteiger partial charge in [0.05, 0.1) is 4.47 Å². The summed E-state index contributed by atoms with van der Waals surface area (Å²) in [5.41, 5.74) is 3.17. The van der Waals surface area contributed by atoms with Gasteiger partial charge in [0.2, 0.25) is 0 Å². The van der Waals surface area contributed by atoms with E-state index in [0.717, 1.165) is 22.0 Å². The fourth-order valence-corrected chi connectivity index (χ4v) is 5.50. The number of ether oxygens (including phenoxy) is 3. The van der Waals surface area contributed by atoms with Crippen LogP contribution in [-0.4, -0.2) is 22.7 Å². The summed E-state index contributed by atoms with van der Waals surface area (Å²) in [5.74, 6) is -3.86. The fourth-order valence-electron chi connectivity index (χ4n) is 4.53.